The smallest absolute Gasteiger partial charge is 0.258 e. The molecule has 0 aromatic heterocycles. The number of amides is 2. The summed E-state index contributed by atoms with van der Waals surface area (Å²) >= 11 is 6.15. The van der Waals surface area contributed by atoms with Gasteiger partial charge in [-0.1, -0.05) is 72.3 Å². The highest BCUT2D eigenvalue weighted by atomic mass is 35.5. The molecule has 0 fully saturated rings. The van der Waals surface area contributed by atoms with Crippen LogP contribution in [0.5, 0.6) is 0 Å². The average Bonchev–Trinajstić information content (AvgIpc) is 3.14. The van der Waals surface area contributed by atoms with Gasteiger partial charge in [-0.15, -0.1) is 0 Å². The van der Waals surface area contributed by atoms with Crippen LogP contribution in [0, 0.1) is 0 Å². The molecule has 40 heavy (non-hydrogen) atoms. The van der Waals surface area contributed by atoms with Gasteiger partial charge in [0.15, 0.2) is 0 Å². The molecule has 6 heteroatoms. The SMILES string of the molecule is O=C(Nc1ccc(C(=O)N2Cc3ccccc3Nc3ccccc32)cc1)c1ccccc1Cc1cccc(Cl)c1. The summed E-state index contributed by atoms with van der Waals surface area (Å²) in [5, 5.41) is 7.11. The third kappa shape index (κ3) is 5.33. The van der Waals surface area contributed by atoms with Crippen molar-refractivity contribution in [3.05, 3.63) is 154 Å². The largest absolute Gasteiger partial charge is 0.354 e. The molecular formula is C34H26ClN3O2. The van der Waals surface area contributed by atoms with Gasteiger partial charge < -0.3 is 15.5 Å². The van der Waals surface area contributed by atoms with E-state index in [9.17, 15) is 9.59 Å². The first kappa shape index (κ1) is 25.4. The van der Waals surface area contributed by atoms with Crippen molar-refractivity contribution < 1.29 is 9.59 Å². The van der Waals surface area contributed by atoms with Gasteiger partial charge in [0.25, 0.3) is 11.8 Å². The molecule has 5 aromatic carbocycles. The van der Waals surface area contributed by atoms with Crippen molar-refractivity contribution in [3.8, 4) is 0 Å². The zero-order valence-corrected chi connectivity index (χ0v) is 22.4. The van der Waals surface area contributed by atoms with Crippen molar-refractivity contribution in [1.29, 1.82) is 0 Å². The number of anilines is 4. The van der Waals surface area contributed by atoms with Gasteiger partial charge in [0.1, 0.15) is 0 Å². The van der Waals surface area contributed by atoms with Crippen LogP contribution in [-0.2, 0) is 13.0 Å². The van der Waals surface area contributed by atoms with Gasteiger partial charge in [0, 0.05) is 27.5 Å². The van der Waals surface area contributed by atoms with Gasteiger partial charge in [-0.3, -0.25) is 9.59 Å². The van der Waals surface area contributed by atoms with E-state index in [-0.39, 0.29) is 11.8 Å². The number of hydrogen-bond acceptors (Lipinski definition) is 3. The van der Waals surface area contributed by atoms with Crippen LogP contribution < -0.4 is 15.5 Å². The Bertz CT molecular complexity index is 1720. The van der Waals surface area contributed by atoms with Gasteiger partial charge >= 0.3 is 0 Å². The fourth-order valence-electron chi connectivity index (χ4n) is 4.99. The number of nitrogens with one attached hydrogen (secondary N) is 2. The van der Waals surface area contributed by atoms with E-state index in [2.05, 4.69) is 10.6 Å². The highest BCUT2D eigenvalue weighted by Crippen LogP contribution is 2.36. The van der Waals surface area contributed by atoms with E-state index in [1.165, 1.54) is 0 Å². The highest BCUT2D eigenvalue weighted by molar-refractivity contribution is 6.30. The van der Waals surface area contributed by atoms with Crippen LogP contribution in [0.25, 0.3) is 0 Å². The van der Waals surface area contributed by atoms with Crippen LogP contribution >= 0.6 is 11.6 Å². The summed E-state index contributed by atoms with van der Waals surface area (Å²) in [5.74, 6) is -0.323. The van der Waals surface area contributed by atoms with E-state index in [4.69, 9.17) is 11.6 Å². The van der Waals surface area contributed by atoms with Crippen LogP contribution in [0.1, 0.15) is 37.4 Å². The van der Waals surface area contributed by atoms with E-state index >= 15 is 0 Å². The summed E-state index contributed by atoms with van der Waals surface area (Å²) in [7, 11) is 0. The number of halogens is 1. The lowest BCUT2D eigenvalue weighted by Crippen LogP contribution is -2.30. The Morgan fingerprint density at radius 1 is 0.775 bits per heavy atom. The number of rotatable bonds is 5. The Labute approximate surface area is 238 Å². The summed E-state index contributed by atoms with van der Waals surface area (Å²) in [4.78, 5) is 28.7. The van der Waals surface area contributed by atoms with Crippen LogP contribution in [0.4, 0.5) is 22.7 Å². The molecular weight excluding hydrogens is 518 g/mol. The molecule has 2 N–H and O–H groups in total. The lowest BCUT2D eigenvalue weighted by atomic mass is 9.99. The Kier molecular flexibility index (Phi) is 7.04. The fraction of sp³-hybridized carbons (Fsp3) is 0.0588. The van der Waals surface area contributed by atoms with Crippen molar-refractivity contribution in [3.63, 3.8) is 0 Å². The van der Waals surface area contributed by atoms with Crippen LogP contribution in [0.3, 0.4) is 0 Å². The molecule has 0 aliphatic carbocycles. The number of para-hydroxylation sites is 3. The first-order chi connectivity index (χ1) is 19.5. The number of fused-ring (bicyclic) bond motifs is 2. The van der Waals surface area contributed by atoms with E-state index in [0.29, 0.717) is 34.8 Å². The highest BCUT2D eigenvalue weighted by Gasteiger charge is 2.24. The average molecular weight is 544 g/mol. The Balaban J connectivity index is 1.21. The number of hydrogen-bond donors (Lipinski definition) is 2. The molecule has 5 nitrogen and oxygen atoms in total. The minimum atomic E-state index is -0.208. The van der Waals surface area contributed by atoms with Crippen LogP contribution in [-0.4, -0.2) is 11.8 Å². The maximum atomic E-state index is 13.7. The number of carbonyl (C=O) groups is 2. The minimum Gasteiger partial charge on any atom is -0.354 e. The number of benzene rings is 5. The van der Waals surface area contributed by atoms with E-state index < -0.39 is 0 Å². The molecule has 0 saturated heterocycles. The van der Waals surface area contributed by atoms with Crippen molar-refractivity contribution in [1.82, 2.24) is 0 Å². The summed E-state index contributed by atoms with van der Waals surface area (Å²) in [6, 6.07) is 38.0. The minimum absolute atomic E-state index is 0.115. The fourth-order valence-corrected chi connectivity index (χ4v) is 5.20. The molecule has 1 heterocycles. The van der Waals surface area contributed by atoms with Crippen LogP contribution in [0.2, 0.25) is 5.02 Å². The molecule has 0 bridgehead atoms. The third-order valence-corrected chi connectivity index (χ3v) is 7.23. The summed E-state index contributed by atoms with van der Waals surface area (Å²) in [5.41, 5.74) is 7.39. The standard InChI is InChI=1S/C34H26ClN3O2/c35-27-11-7-8-23(21-27)20-25-9-1-3-12-29(25)33(39)36-28-18-16-24(17-19-28)34(40)38-22-26-10-2-4-13-30(26)37-31-14-5-6-15-32(31)38/h1-19,21,37H,20,22H2,(H,36,39). The summed E-state index contributed by atoms with van der Waals surface area (Å²) < 4.78 is 0. The van der Waals surface area contributed by atoms with Gasteiger partial charge in [-0.25, -0.2) is 0 Å². The van der Waals surface area contributed by atoms with Crippen molar-refractivity contribution >= 4 is 46.2 Å². The lowest BCUT2D eigenvalue weighted by molar-refractivity contribution is 0.0984. The van der Waals surface area contributed by atoms with Gasteiger partial charge in [0.2, 0.25) is 0 Å². The van der Waals surface area contributed by atoms with E-state index in [1.807, 2.05) is 97.1 Å². The molecule has 1 aliphatic heterocycles. The van der Waals surface area contributed by atoms with E-state index in [1.54, 1.807) is 29.2 Å². The molecule has 0 unspecified atom stereocenters. The first-order valence-electron chi connectivity index (χ1n) is 13.0. The van der Waals surface area contributed by atoms with Crippen molar-refractivity contribution in [2.75, 3.05) is 15.5 Å². The third-order valence-electron chi connectivity index (χ3n) is 6.99. The predicted molar refractivity (Wildman–Crippen MR) is 162 cm³/mol. The molecule has 196 valence electrons. The van der Waals surface area contributed by atoms with E-state index in [0.717, 1.165) is 33.8 Å². The second-order valence-electron chi connectivity index (χ2n) is 9.69. The Morgan fingerprint density at radius 3 is 2.33 bits per heavy atom. The first-order valence-corrected chi connectivity index (χ1v) is 13.4. The van der Waals surface area contributed by atoms with Gasteiger partial charge in [0.05, 0.1) is 17.9 Å². The maximum absolute atomic E-state index is 13.7. The normalized spacial score (nSPS) is 12.0. The second kappa shape index (κ2) is 11.1. The topological polar surface area (TPSA) is 61.4 Å². The number of nitrogens with zero attached hydrogens (tertiary/aromatic N) is 1. The lowest BCUT2D eigenvalue weighted by Gasteiger charge is -2.23. The summed E-state index contributed by atoms with van der Waals surface area (Å²) in [6.45, 7) is 0.445. The monoisotopic (exact) mass is 543 g/mol. The quantitative estimate of drug-likeness (QED) is 0.235. The zero-order chi connectivity index (χ0) is 27.5. The Morgan fingerprint density at radius 2 is 1.50 bits per heavy atom. The molecule has 6 rings (SSSR count). The van der Waals surface area contributed by atoms with Gasteiger partial charge in [-0.2, -0.15) is 0 Å². The summed E-state index contributed by atoms with van der Waals surface area (Å²) in [6.07, 6.45) is 0.590. The molecule has 1 aliphatic rings. The second-order valence-corrected chi connectivity index (χ2v) is 10.1. The predicted octanol–water partition coefficient (Wildman–Crippen LogP) is 8.09. The molecule has 0 radical (unpaired) electrons. The molecule has 5 aromatic rings. The van der Waals surface area contributed by atoms with Crippen molar-refractivity contribution in [2.45, 2.75) is 13.0 Å². The number of carbonyl (C=O) groups excluding carboxylic acids is 2. The molecule has 0 saturated carbocycles. The molecule has 0 spiro atoms. The van der Waals surface area contributed by atoms with Crippen LogP contribution in [0.15, 0.2) is 121 Å². The maximum Gasteiger partial charge on any atom is 0.258 e. The zero-order valence-electron chi connectivity index (χ0n) is 21.6. The molecule has 0 atom stereocenters. The van der Waals surface area contributed by atoms with Gasteiger partial charge in [-0.05, 0) is 83.8 Å². The molecule has 2 amide bonds. The Hall–Kier alpha value is -4.87. The van der Waals surface area contributed by atoms with Crippen molar-refractivity contribution in [2.24, 2.45) is 0 Å².